The Balaban J connectivity index is 1.88. The highest BCUT2D eigenvalue weighted by molar-refractivity contribution is 4.91. The lowest BCUT2D eigenvalue weighted by Gasteiger charge is -2.33. The van der Waals surface area contributed by atoms with Crippen molar-refractivity contribution >= 4 is 0 Å². The van der Waals surface area contributed by atoms with E-state index >= 15 is 0 Å². The van der Waals surface area contributed by atoms with E-state index < -0.39 is 0 Å². The van der Waals surface area contributed by atoms with Gasteiger partial charge < -0.3 is 5.11 Å². The Labute approximate surface area is 87.9 Å². The van der Waals surface area contributed by atoms with E-state index in [2.05, 4.69) is 6.92 Å². The van der Waals surface area contributed by atoms with Crippen LogP contribution >= 0.6 is 0 Å². The Hall–Kier alpha value is -0.0400. The predicted molar refractivity (Wildman–Crippen MR) is 59.2 cm³/mol. The smallest absolute Gasteiger partial charge is 0.0675 e. The molecule has 0 aromatic carbocycles. The molecule has 2 fully saturated rings. The van der Waals surface area contributed by atoms with Gasteiger partial charge in [-0.15, -0.1) is 0 Å². The quantitative estimate of drug-likeness (QED) is 0.716. The average molecular weight is 196 g/mol. The minimum Gasteiger partial charge on any atom is -0.390 e. The summed E-state index contributed by atoms with van der Waals surface area (Å²) in [6.07, 6.45) is 11.6. The van der Waals surface area contributed by atoms with E-state index in [1.165, 1.54) is 44.9 Å². The lowest BCUT2D eigenvalue weighted by Crippen LogP contribution is -2.34. The van der Waals surface area contributed by atoms with Crippen molar-refractivity contribution in [3.63, 3.8) is 0 Å². The molecule has 2 aliphatic rings. The van der Waals surface area contributed by atoms with E-state index in [4.69, 9.17) is 0 Å². The van der Waals surface area contributed by atoms with Crippen molar-refractivity contribution in [2.24, 2.45) is 11.8 Å². The molecule has 0 aliphatic heterocycles. The molecule has 0 aromatic heterocycles. The van der Waals surface area contributed by atoms with E-state index in [-0.39, 0.29) is 5.60 Å². The van der Waals surface area contributed by atoms with Crippen LogP contribution in [0, 0.1) is 11.8 Å². The second-order valence-electron chi connectivity index (χ2n) is 5.61. The van der Waals surface area contributed by atoms with Gasteiger partial charge in [-0.2, -0.15) is 0 Å². The third-order valence-corrected chi connectivity index (χ3v) is 4.53. The zero-order chi connectivity index (χ0) is 10.0. The zero-order valence-corrected chi connectivity index (χ0v) is 9.47. The molecule has 2 unspecified atom stereocenters. The summed E-state index contributed by atoms with van der Waals surface area (Å²) in [5, 5.41) is 10.5. The number of rotatable bonds is 2. The molecule has 2 atom stereocenters. The first kappa shape index (κ1) is 10.5. The maximum atomic E-state index is 10.5. The van der Waals surface area contributed by atoms with Gasteiger partial charge in [0.05, 0.1) is 5.60 Å². The van der Waals surface area contributed by atoms with Crippen molar-refractivity contribution in [1.29, 1.82) is 0 Å². The maximum absolute atomic E-state index is 10.5. The van der Waals surface area contributed by atoms with Crippen LogP contribution in [0.1, 0.15) is 64.7 Å². The zero-order valence-electron chi connectivity index (χ0n) is 9.47. The summed E-state index contributed by atoms with van der Waals surface area (Å²) in [5.41, 5.74) is -0.290. The molecule has 1 nitrogen and oxygen atoms in total. The Bertz CT molecular complexity index is 184. The van der Waals surface area contributed by atoms with Crippen molar-refractivity contribution in [2.45, 2.75) is 70.3 Å². The Morgan fingerprint density at radius 1 is 1.07 bits per heavy atom. The second kappa shape index (κ2) is 4.22. The van der Waals surface area contributed by atoms with Crippen LogP contribution in [0.2, 0.25) is 0 Å². The molecule has 82 valence electrons. The highest BCUT2D eigenvalue weighted by Gasteiger charge is 2.39. The summed E-state index contributed by atoms with van der Waals surface area (Å²) >= 11 is 0. The van der Waals surface area contributed by atoms with Gasteiger partial charge in [0, 0.05) is 0 Å². The normalized spacial score (nSPS) is 40.3. The van der Waals surface area contributed by atoms with Crippen LogP contribution in [-0.4, -0.2) is 10.7 Å². The fourth-order valence-corrected chi connectivity index (χ4v) is 3.42. The molecule has 0 spiro atoms. The largest absolute Gasteiger partial charge is 0.390 e. The van der Waals surface area contributed by atoms with Crippen LogP contribution in [0.15, 0.2) is 0 Å². The number of aliphatic hydroxyl groups is 1. The SMILES string of the molecule is CC1CCCC1(O)CC1CCCCC1. The molecule has 0 bridgehead atoms. The highest BCUT2D eigenvalue weighted by atomic mass is 16.3. The van der Waals surface area contributed by atoms with Crippen molar-refractivity contribution in [1.82, 2.24) is 0 Å². The molecule has 0 amide bonds. The van der Waals surface area contributed by atoms with Crippen molar-refractivity contribution in [3.05, 3.63) is 0 Å². The third kappa shape index (κ3) is 2.13. The van der Waals surface area contributed by atoms with Crippen LogP contribution in [-0.2, 0) is 0 Å². The molecule has 0 saturated heterocycles. The van der Waals surface area contributed by atoms with Gasteiger partial charge in [-0.25, -0.2) is 0 Å². The minimum atomic E-state index is -0.290. The molecular weight excluding hydrogens is 172 g/mol. The van der Waals surface area contributed by atoms with Crippen LogP contribution in [0.5, 0.6) is 0 Å². The molecule has 2 saturated carbocycles. The lowest BCUT2D eigenvalue weighted by atomic mass is 9.77. The Kier molecular flexibility index (Phi) is 3.16. The standard InChI is InChI=1S/C13H24O/c1-11-6-5-9-13(11,14)10-12-7-3-2-4-8-12/h11-12,14H,2-10H2,1H3. The second-order valence-corrected chi connectivity index (χ2v) is 5.61. The van der Waals surface area contributed by atoms with Gasteiger partial charge in [-0.05, 0) is 31.1 Å². The van der Waals surface area contributed by atoms with Gasteiger partial charge in [0.2, 0.25) is 0 Å². The van der Waals surface area contributed by atoms with E-state index in [9.17, 15) is 5.11 Å². The van der Waals surface area contributed by atoms with Crippen molar-refractivity contribution in [3.8, 4) is 0 Å². The summed E-state index contributed by atoms with van der Waals surface area (Å²) in [5.74, 6) is 1.37. The Morgan fingerprint density at radius 2 is 1.79 bits per heavy atom. The van der Waals surface area contributed by atoms with Gasteiger partial charge in [0.25, 0.3) is 0 Å². The summed E-state index contributed by atoms with van der Waals surface area (Å²) in [6, 6.07) is 0. The molecule has 1 heteroatoms. The molecule has 2 rings (SSSR count). The van der Waals surface area contributed by atoms with Crippen LogP contribution < -0.4 is 0 Å². The molecule has 1 N–H and O–H groups in total. The molecule has 14 heavy (non-hydrogen) atoms. The summed E-state index contributed by atoms with van der Waals surface area (Å²) < 4.78 is 0. The van der Waals surface area contributed by atoms with E-state index in [0.717, 1.165) is 18.8 Å². The first-order valence-corrected chi connectivity index (χ1v) is 6.43. The lowest BCUT2D eigenvalue weighted by molar-refractivity contribution is -0.0179. The average Bonchev–Trinajstić information content (AvgIpc) is 2.48. The van der Waals surface area contributed by atoms with E-state index in [0.29, 0.717) is 5.92 Å². The van der Waals surface area contributed by atoms with Crippen LogP contribution in [0.25, 0.3) is 0 Å². The van der Waals surface area contributed by atoms with Gasteiger partial charge in [0.15, 0.2) is 0 Å². The Morgan fingerprint density at radius 3 is 2.36 bits per heavy atom. The first-order chi connectivity index (χ1) is 6.71. The number of hydrogen-bond acceptors (Lipinski definition) is 1. The van der Waals surface area contributed by atoms with Gasteiger partial charge in [-0.3, -0.25) is 0 Å². The summed E-state index contributed by atoms with van der Waals surface area (Å²) in [7, 11) is 0. The maximum Gasteiger partial charge on any atom is 0.0675 e. The predicted octanol–water partition coefficient (Wildman–Crippen LogP) is 3.51. The van der Waals surface area contributed by atoms with Crippen LogP contribution in [0.3, 0.4) is 0 Å². The fraction of sp³-hybridized carbons (Fsp3) is 1.00. The molecular formula is C13H24O. The monoisotopic (exact) mass is 196 g/mol. The molecule has 0 heterocycles. The third-order valence-electron chi connectivity index (χ3n) is 4.53. The summed E-state index contributed by atoms with van der Waals surface area (Å²) in [6.45, 7) is 2.23. The van der Waals surface area contributed by atoms with Crippen molar-refractivity contribution < 1.29 is 5.11 Å². The molecule has 2 aliphatic carbocycles. The van der Waals surface area contributed by atoms with Crippen LogP contribution in [0.4, 0.5) is 0 Å². The molecule has 0 aromatic rings. The topological polar surface area (TPSA) is 20.2 Å². The number of hydrogen-bond donors (Lipinski definition) is 1. The van der Waals surface area contributed by atoms with E-state index in [1.807, 2.05) is 0 Å². The van der Waals surface area contributed by atoms with Crippen molar-refractivity contribution in [2.75, 3.05) is 0 Å². The van der Waals surface area contributed by atoms with E-state index in [1.54, 1.807) is 0 Å². The van der Waals surface area contributed by atoms with Gasteiger partial charge >= 0.3 is 0 Å². The molecule has 0 radical (unpaired) electrons. The van der Waals surface area contributed by atoms with Gasteiger partial charge in [-0.1, -0.05) is 45.4 Å². The fourth-order valence-electron chi connectivity index (χ4n) is 3.42. The minimum absolute atomic E-state index is 0.290. The summed E-state index contributed by atoms with van der Waals surface area (Å²) in [4.78, 5) is 0. The van der Waals surface area contributed by atoms with Gasteiger partial charge in [0.1, 0.15) is 0 Å². The highest BCUT2D eigenvalue weighted by Crippen LogP contribution is 2.42. The first-order valence-electron chi connectivity index (χ1n) is 6.43.